The molecule has 0 saturated carbocycles. The summed E-state index contributed by atoms with van der Waals surface area (Å²) in [6.45, 7) is 5.69. The Hall–Kier alpha value is -4.53. The number of benzene rings is 2. The van der Waals surface area contributed by atoms with Crippen LogP contribution in [0.1, 0.15) is 49.9 Å². The van der Waals surface area contributed by atoms with E-state index in [9.17, 15) is 14.4 Å². The lowest BCUT2D eigenvalue weighted by Gasteiger charge is -2.22. The van der Waals surface area contributed by atoms with Gasteiger partial charge in [0.25, 0.3) is 0 Å². The van der Waals surface area contributed by atoms with Gasteiger partial charge < -0.3 is 30.2 Å². The van der Waals surface area contributed by atoms with E-state index >= 15 is 0 Å². The van der Waals surface area contributed by atoms with Gasteiger partial charge in [0.2, 0.25) is 23.0 Å². The van der Waals surface area contributed by atoms with Crippen LogP contribution in [0.15, 0.2) is 59.4 Å². The Bertz CT molecular complexity index is 1510. The monoisotopic (exact) mass is 573 g/mol. The standard InChI is InChI=1S/C33H39N3O6/c1-19(2)30(33(39)34-18-21-10-8-7-9-11-21)36-26-15-13-23-24(17-27(26)38)25(35-20(3)37)14-12-22-16-28(40-4)31(41-5)32(42-6)29(22)23/h7-11,13,15-17,19,25,30H,12,14,18H2,1-6H3,(H,34,39)(H,35,37)(H,36,38). The molecule has 9 nitrogen and oxygen atoms in total. The number of carbonyl (C=O) groups excluding carboxylic acids is 2. The normalized spacial score (nSPS) is 14.5. The largest absolute Gasteiger partial charge is 0.493 e. The van der Waals surface area contributed by atoms with Crippen LogP contribution in [0.2, 0.25) is 0 Å². The average Bonchev–Trinajstić information content (AvgIpc) is 3.22. The number of hydrogen-bond acceptors (Lipinski definition) is 7. The van der Waals surface area contributed by atoms with Crippen molar-refractivity contribution in [2.75, 3.05) is 26.6 Å². The Kier molecular flexibility index (Phi) is 9.72. The average molecular weight is 574 g/mol. The van der Waals surface area contributed by atoms with Crippen molar-refractivity contribution in [2.45, 2.75) is 52.2 Å². The second-order valence-corrected chi connectivity index (χ2v) is 10.7. The molecule has 42 heavy (non-hydrogen) atoms. The third-order valence-electron chi connectivity index (χ3n) is 7.49. The maximum atomic E-state index is 13.7. The summed E-state index contributed by atoms with van der Waals surface area (Å²) in [5.41, 5.74) is 4.04. The zero-order valence-corrected chi connectivity index (χ0v) is 25.0. The summed E-state index contributed by atoms with van der Waals surface area (Å²) in [5, 5.41) is 9.19. The first-order valence-electron chi connectivity index (χ1n) is 14.0. The van der Waals surface area contributed by atoms with Crippen molar-refractivity contribution in [1.29, 1.82) is 0 Å². The van der Waals surface area contributed by atoms with E-state index in [1.165, 1.54) is 6.92 Å². The van der Waals surface area contributed by atoms with Crippen LogP contribution in [0.5, 0.6) is 17.2 Å². The molecule has 0 heterocycles. The van der Waals surface area contributed by atoms with Crippen LogP contribution in [0.4, 0.5) is 5.69 Å². The van der Waals surface area contributed by atoms with Gasteiger partial charge in [-0.25, -0.2) is 0 Å². The van der Waals surface area contributed by atoms with Gasteiger partial charge in [0.05, 0.1) is 33.1 Å². The minimum atomic E-state index is -0.652. The molecule has 2 atom stereocenters. The molecule has 3 aromatic rings. The summed E-state index contributed by atoms with van der Waals surface area (Å²) in [4.78, 5) is 39.2. The smallest absolute Gasteiger partial charge is 0.243 e. The topological polar surface area (TPSA) is 115 Å². The van der Waals surface area contributed by atoms with E-state index in [-0.39, 0.29) is 28.8 Å². The number of amides is 2. The first-order chi connectivity index (χ1) is 20.2. The summed E-state index contributed by atoms with van der Waals surface area (Å²) < 4.78 is 17.1. The van der Waals surface area contributed by atoms with Crippen molar-refractivity contribution < 1.29 is 23.8 Å². The van der Waals surface area contributed by atoms with E-state index in [0.29, 0.717) is 42.2 Å². The van der Waals surface area contributed by atoms with E-state index in [0.717, 1.165) is 22.3 Å². The van der Waals surface area contributed by atoms with Crippen LogP contribution in [0, 0.1) is 5.92 Å². The lowest BCUT2D eigenvalue weighted by molar-refractivity contribution is -0.123. The van der Waals surface area contributed by atoms with E-state index in [1.54, 1.807) is 33.5 Å². The predicted octanol–water partition coefficient (Wildman–Crippen LogP) is 4.62. The summed E-state index contributed by atoms with van der Waals surface area (Å²) in [7, 11) is 4.67. The molecule has 1 aliphatic rings. The molecule has 0 fully saturated rings. The first kappa shape index (κ1) is 30.4. The SMILES string of the molecule is COc1cc2c(c(OC)c1OC)-c1ccc(NC(C(=O)NCc3ccccc3)C(C)C)c(=O)cc1C(NC(C)=O)CC2. The number of fused-ring (bicyclic) bond motifs is 3. The van der Waals surface area contributed by atoms with Gasteiger partial charge >= 0.3 is 0 Å². The Balaban J connectivity index is 1.81. The van der Waals surface area contributed by atoms with Gasteiger partial charge in [-0.3, -0.25) is 14.4 Å². The summed E-state index contributed by atoms with van der Waals surface area (Å²) >= 11 is 0. The van der Waals surface area contributed by atoms with Crippen LogP contribution in [0.3, 0.4) is 0 Å². The lowest BCUT2D eigenvalue weighted by Crippen LogP contribution is -2.43. The molecule has 1 aliphatic carbocycles. The Labute approximate surface area is 246 Å². The number of methoxy groups -OCH3 is 3. The lowest BCUT2D eigenvalue weighted by atomic mass is 9.95. The molecular formula is C33H39N3O6. The summed E-state index contributed by atoms with van der Waals surface area (Å²) in [6.07, 6.45) is 1.16. The number of rotatable bonds is 10. The molecule has 9 heteroatoms. The maximum Gasteiger partial charge on any atom is 0.243 e. The van der Waals surface area contributed by atoms with Gasteiger partial charge in [0, 0.05) is 19.0 Å². The van der Waals surface area contributed by atoms with E-state index < -0.39 is 12.1 Å². The molecule has 0 radical (unpaired) electrons. The molecule has 0 saturated heterocycles. The quantitative estimate of drug-likeness (QED) is 0.324. The van der Waals surface area contributed by atoms with Crippen LogP contribution in [-0.2, 0) is 22.6 Å². The van der Waals surface area contributed by atoms with Crippen LogP contribution >= 0.6 is 0 Å². The minimum absolute atomic E-state index is 0.104. The van der Waals surface area contributed by atoms with Crippen molar-refractivity contribution >= 4 is 17.5 Å². The van der Waals surface area contributed by atoms with Crippen molar-refractivity contribution in [3.63, 3.8) is 0 Å². The first-order valence-corrected chi connectivity index (χ1v) is 14.0. The molecule has 3 N–H and O–H groups in total. The molecule has 0 aliphatic heterocycles. The molecule has 0 bridgehead atoms. The van der Waals surface area contributed by atoms with E-state index in [4.69, 9.17) is 14.2 Å². The second-order valence-electron chi connectivity index (χ2n) is 10.7. The molecular weight excluding hydrogens is 534 g/mol. The van der Waals surface area contributed by atoms with Gasteiger partial charge in [0.1, 0.15) is 6.04 Å². The van der Waals surface area contributed by atoms with E-state index in [2.05, 4.69) is 16.0 Å². The maximum absolute atomic E-state index is 13.7. The third kappa shape index (κ3) is 6.51. The van der Waals surface area contributed by atoms with Crippen LogP contribution in [-0.4, -0.2) is 39.2 Å². The highest BCUT2D eigenvalue weighted by Crippen LogP contribution is 2.50. The van der Waals surface area contributed by atoms with Crippen molar-refractivity contribution in [3.8, 4) is 28.4 Å². The Morgan fingerprint density at radius 1 is 0.952 bits per heavy atom. The molecule has 4 rings (SSSR count). The molecule has 2 unspecified atom stereocenters. The Morgan fingerprint density at radius 2 is 1.67 bits per heavy atom. The molecule has 3 aromatic carbocycles. The second kappa shape index (κ2) is 13.4. The van der Waals surface area contributed by atoms with Crippen molar-refractivity contribution in [3.05, 3.63) is 81.5 Å². The zero-order chi connectivity index (χ0) is 30.4. The highest BCUT2D eigenvalue weighted by atomic mass is 16.5. The number of anilines is 1. The number of nitrogens with one attached hydrogen (secondary N) is 3. The van der Waals surface area contributed by atoms with Gasteiger partial charge in [-0.1, -0.05) is 50.2 Å². The molecule has 222 valence electrons. The summed E-state index contributed by atoms with van der Waals surface area (Å²) in [5.74, 6) is 0.928. The highest BCUT2D eigenvalue weighted by Gasteiger charge is 2.30. The zero-order valence-electron chi connectivity index (χ0n) is 25.0. The van der Waals surface area contributed by atoms with Crippen LogP contribution in [0.25, 0.3) is 11.1 Å². The fourth-order valence-corrected chi connectivity index (χ4v) is 5.42. The van der Waals surface area contributed by atoms with Crippen molar-refractivity contribution in [1.82, 2.24) is 10.6 Å². The molecule has 0 spiro atoms. The van der Waals surface area contributed by atoms with Crippen molar-refractivity contribution in [2.24, 2.45) is 5.92 Å². The fraction of sp³-hybridized carbons (Fsp3) is 0.364. The van der Waals surface area contributed by atoms with Gasteiger partial charge in [-0.2, -0.15) is 0 Å². The number of carbonyl (C=O) groups is 2. The van der Waals surface area contributed by atoms with Crippen LogP contribution < -0.4 is 35.6 Å². The molecule has 0 aromatic heterocycles. The minimum Gasteiger partial charge on any atom is -0.493 e. The number of aryl methyl sites for hydroxylation is 1. The summed E-state index contributed by atoms with van der Waals surface area (Å²) in [6, 6.07) is 15.6. The van der Waals surface area contributed by atoms with Gasteiger partial charge in [0.15, 0.2) is 11.5 Å². The van der Waals surface area contributed by atoms with Gasteiger partial charge in [-0.15, -0.1) is 0 Å². The fourth-order valence-electron chi connectivity index (χ4n) is 5.42. The number of hydrogen-bond donors (Lipinski definition) is 3. The Morgan fingerprint density at radius 3 is 2.29 bits per heavy atom. The van der Waals surface area contributed by atoms with E-state index in [1.807, 2.05) is 56.3 Å². The third-order valence-corrected chi connectivity index (χ3v) is 7.49. The number of ether oxygens (including phenoxy) is 3. The predicted molar refractivity (Wildman–Crippen MR) is 163 cm³/mol. The van der Waals surface area contributed by atoms with Gasteiger partial charge in [-0.05, 0) is 59.2 Å². The highest BCUT2D eigenvalue weighted by molar-refractivity contribution is 5.86. The molecule has 2 amide bonds.